The van der Waals surface area contributed by atoms with Gasteiger partial charge in [-0.3, -0.25) is 9.29 Å². The Labute approximate surface area is 127 Å². The number of hydrogen-bond acceptors (Lipinski definition) is 2. The molecule has 2 rings (SSSR count). The van der Waals surface area contributed by atoms with Gasteiger partial charge in [-0.05, 0) is 40.0 Å². The van der Waals surface area contributed by atoms with Gasteiger partial charge in [-0.15, -0.1) is 12.4 Å². The Hall–Kier alpha value is -0.230. The highest BCUT2D eigenvalue weighted by molar-refractivity contribution is 9.10. The number of piperazine rings is 1. The molecule has 0 radical (unpaired) electrons. The third-order valence-electron chi connectivity index (χ3n) is 3.30. The van der Waals surface area contributed by atoms with Crippen molar-refractivity contribution in [1.82, 2.24) is 10.2 Å². The van der Waals surface area contributed by atoms with Crippen molar-refractivity contribution in [2.24, 2.45) is 0 Å². The quantitative estimate of drug-likeness (QED) is 0.891. The molecule has 0 saturated carbocycles. The molecule has 0 aliphatic carbocycles. The molecule has 1 fully saturated rings. The Morgan fingerprint density at radius 1 is 1.32 bits per heavy atom. The van der Waals surface area contributed by atoms with Crippen LogP contribution in [0.5, 0.6) is 0 Å². The van der Waals surface area contributed by atoms with Crippen molar-refractivity contribution < 1.29 is 8.78 Å². The average Bonchev–Trinajstić information content (AvgIpc) is 2.40. The topological polar surface area (TPSA) is 15.3 Å². The Morgan fingerprint density at radius 3 is 2.58 bits per heavy atom. The predicted octanol–water partition coefficient (Wildman–Crippen LogP) is 3.32. The lowest BCUT2D eigenvalue weighted by atomic mass is 10.0. The molecule has 0 spiro atoms. The van der Waals surface area contributed by atoms with E-state index in [4.69, 9.17) is 0 Å². The third-order valence-corrected chi connectivity index (χ3v) is 3.91. The molecule has 0 unspecified atom stereocenters. The number of hydrogen-bond donors (Lipinski definition) is 1. The second kappa shape index (κ2) is 8.15. The summed E-state index contributed by atoms with van der Waals surface area (Å²) in [6.45, 7) is 3.29. The summed E-state index contributed by atoms with van der Waals surface area (Å²) in [6.07, 6.45) is 0.456. The van der Waals surface area contributed by atoms with Crippen molar-refractivity contribution in [3.8, 4) is 0 Å². The van der Waals surface area contributed by atoms with Crippen LogP contribution in [0.3, 0.4) is 0 Å². The van der Waals surface area contributed by atoms with Crippen LogP contribution in [0.2, 0.25) is 0 Å². The number of nitrogens with zero attached hydrogens (tertiary/aromatic N) is 1. The van der Waals surface area contributed by atoms with E-state index in [-0.39, 0.29) is 30.9 Å². The lowest BCUT2D eigenvalue weighted by molar-refractivity contribution is 0.157. The Kier molecular flexibility index (Phi) is 7.21. The molecular weight excluding hydrogens is 338 g/mol. The molecule has 108 valence electrons. The van der Waals surface area contributed by atoms with Crippen LogP contribution in [0.25, 0.3) is 0 Å². The lowest BCUT2D eigenvalue weighted by Gasteiger charge is -2.35. The molecule has 1 saturated heterocycles. The molecule has 19 heavy (non-hydrogen) atoms. The van der Waals surface area contributed by atoms with Crippen LogP contribution in [0.1, 0.15) is 18.0 Å². The van der Waals surface area contributed by atoms with Crippen LogP contribution in [0, 0.1) is 5.82 Å². The molecule has 1 aromatic rings. The van der Waals surface area contributed by atoms with Gasteiger partial charge in [-0.1, -0.05) is 6.07 Å². The maximum atomic E-state index is 13.2. The van der Waals surface area contributed by atoms with Gasteiger partial charge >= 0.3 is 0 Å². The second-order valence-corrected chi connectivity index (χ2v) is 5.31. The van der Waals surface area contributed by atoms with Crippen molar-refractivity contribution in [2.45, 2.75) is 12.5 Å². The van der Waals surface area contributed by atoms with Gasteiger partial charge in [-0.2, -0.15) is 0 Å². The second-order valence-electron chi connectivity index (χ2n) is 4.45. The first kappa shape index (κ1) is 16.8. The summed E-state index contributed by atoms with van der Waals surface area (Å²) in [7, 11) is 0. The van der Waals surface area contributed by atoms with E-state index in [1.165, 1.54) is 6.07 Å². The summed E-state index contributed by atoms with van der Waals surface area (Å²) in [4.78, 5) is 2.26. The van der Waals surface area contributed by atoms with Crippen molar-refractivity contribution >= 4 is 28.3 Å². The van der Waals surface area contributed by atoms with Crippen LogP contribution >= 0.6 is 28.3 Å². The summed E-state index contributed by atoms with van der Waals surface area (Å²) >= 11 is 3.19. The lowest BCUT2D eigenvalue weighted by Crippen LogP contribution is -2.45. The fourth-order valence-electron chi connectivity index (χ4n) is 2.38. The summed E-state index contributed by atoms with van der Waals surface area (Å²) < 4.78 is 26.4. The molecule has 1 heterocycles. The minimum absolute atomic E-state index is 0. The fourth-order valence-corrected chi connectivity index (χ4v) is 2.77. The van der Waals surface area contributed by atoms with Crippen LogP contribution in [-0.2, 0) is 0 Å². The zero-order valence-corrected chi connectivity index (χ0v) is 12.9. The van der Waals surface area contributed by atoms with E-state index >= 15 is 0 Å². The minimum Gasteiger partial charge on any atom is -0.314 e. The van der Waals surface area contributed by atoms with Crippen LogP contribution < -0.4 is 5.32 Å². The summed E-state index contributed by atoms with van der Waals surface area (Å²) in [6, 6.07) is 4.99. The van der Waals surface area contributed by atoms with Gasteiger partial charge in [0.25, 0.3) is 0 Å². The number of halogens is 4. The van der Waals surface area contributed by atoms with Gasteiger partial charge < -0.3 is 5.32 Å². The highest BCUT2D eigenvalue weighted by Gasteiger charge is 2.22. The molecule has 0 amide bonds. The highest BCUT2D eigenvalue weighted by Crippen LogP contribution is 2.28. The zero-order valence-electron chi connectivity index (χ0n) is 10.5. The maximum absolute atomic E-state index is 13.2. The number of rotatable bonds is 4. The smallest absolute Gasteiger partial charge is 0.137 e. The molecule has 1 aliphatic heterocycles. The number of nitrogens with one attached hydrogen (secondary N) is 1. The SMILES string of the molecule is Cl.FCC[C@@H](c1ccc(F)c(Br)c1)N1CCNCC1. The van der Waals surface area contributed by atoms with Gasteiger partial charge in [0.2, 0.25) is 0 Å². The zero-order chi connectivity index (χ0) is 13.0. The van der Waals surface area contributed by atoms with Crippen molar-refractivity contribution in [3.63, 3.8) is 0 Å². The van der Waals surface area contributed by atoms with Crippen LogP contribution in [0.4, 0.5) is 8.78 Å². The Balaban J connectivity index is 0.00000180. The molecule has 6 heteroatoms. The monoisotopic (exact) mass is 354 g/mol. The predicted molar refractivity (Wildman–Crippen MR) is 79.1 cm³/mol. The molecule has 1 atom stereocenters. The molecule has 1 N–H and O–H groups in total. The van der Waals surface area contributed by atoms with Crippen molar-refractivity contribution in [2.75, 3.05) is 32.9 Å². The number of benzene rings is 1. The first-order chi connectivity index (χ1) is 8.72. The van der Waals surface area contributed by atoms with Crippen molar-refractivity contribution in [1.29, 1.82) is 0 Å². The standard InChI is InChI=1S/C13H17BrF2N2.ClH/c14-11-9-10(1-2-12(11)16)13(3-4-15)18-7-5-17-6-8-18;/h1-2,9,13,17H,3-8H2;1H/t13-;/m0./s1. The van der Waals surface area contributed by atoms with E-state index in [9.17, 15) is 8.78 Å². The van der Waals surface area contributed by atoms with Gasteiger partial charge in [-0.25, -0.2) is 4.39 Å². The van der Waals surface area contributed by atoms with Crippen LogP contribution in [0.15, 0.2) is 22.7 Å². The Morgan fingerprint density at radius 2 is 2.00 bits per heavy atom. The molecule has 1 aliphatic rings. The molecule has 0 aromatic heterocycles. The van der Waals surface area contributed by atoms with Gasteiger partial charge in [0.15, 0.2) is 0 Å². The van der Waals surface area contributed by atoms with Gasteiger partial charge in [0.1, 0.15) is 5.82 Å². The summed E-state index contributed by atoms with van der Waals surface area (Å²) in [5, 5.41) is 3.28. The number of alkyl halides is 1. The Bertz CT molecular complexity index is 400. The minimum atomic E-state index is -0.358. The molecule has 0 bridgehead atoms. The van der Waals surface area contributed by atoms with E-state index < -0.39 is 0 Å². The van der Waals surface area contributed by atoms with Gasteiger partial charge in [0, 0.05) is 32.2 Å². The van der Waals surface area contributed by atoms with E-state index in [1.54, 1.807) is 12.1 Å². The van der Waals surface area contributed by atoms with E-state index in [0.29, 0.717) is 10.9 Å². The summed E-state index contributed by atoms with van der Waals surface area (Å²) in [5.74, 6) is -0.280. The van der Waals surface area contributed by atoms with Crippen molar-refractivity contribution in [3.05, 3.63) is 34.1 Å². The van der Waals surface area contributed by atoms with Crippen LogP contribution in [-0.4, -0.2) is 37.8 Å². The summed E-state index contributed by atoms with van der Waals surface area (Å²) in [5.41, 5.74) is 0.975. The van der Waals surface area contributed by atoms with E-state index in [1.807, 2.05) is 0 Å². The normalized spacial score (nSPS) is 17.8. The average molecular weight is 356 g/mol. The first-order valence-corrected chi connectivity index (χ1v) is 6.97. The maximum Gasteiger partial charge on any atom is 0.137 e. The molecule has 1 aromatic carbocycles. The van der Waals surface area contributed by atoms with E-state index in [0.717, 1.165) is 31.7 Å². The van der Waals surface area contributed by atoms with E-state index in [2.05, 4.69) is 26.1 Å². The fraction of sp³-hybridized carbons (Fsp3) is 0.538. The third kappa shape index (κ3) is 4.38. The highest BCUT2D eigenvalue weighted by atomic mass is 79.9. The first-order valence-electron chi connectivity index (χ1n) is 6.18. The van der Waals surface area contributed by atoms with Gasteiger partial charge in [0.05, 0.1) is 11.1 Å². The largest absolute Gasteiger partial charge is 0.314 e. The molecule has 2 nitrogen and oxygen atoms in total. The molecular formula is C13H18BrClF2N2.